The van der Waals surface area contributed by atoms with E-state index >= 15 is 0 Å². The number of para-hydroxylation sites is 1. The molecular formula is C16H27NO2. The summed E-state index contributed by atoms with van der Waals surface area (Å²) >= 11 is 0. The molecule has 0 spiro atoms. The van der Waals surface area contributed by atoms with Gasteiger partial charge in [-0.3, -0.25) is 0 Å². The van der Waals surface area contributed by atoms with Crippen LogP contribution in [0.2, 0.25) is 0 Å². The van der Waals surface area contributed by atoms with Gasteiger partial charge in [0, 0.05) is 6.04 Å². The van der Waals surface area contributed by atoms with Gasteiger partial charge in [0.15, 0.2) is 11.5 Å². The molecule has 0 aromatic heterocycles. The van der Waals surface area contributed by atoms with Crippen LogP contribution in [-0.2, 0) is 6.42 Å². The third kappa shape index (κ3) is 4.75. The predicted octanol–water partition coefficient (Wildman–Crippen LogP) is 3.40. The number of benzene rings is 1. The first-order valence-corrected chi connectivity index (χ1v) is 7.16. The minimum atomic E-state index is 0.165. The Labute approximate surface area is 117 Å². The predicted molar refractivity (Wildman–Crippen MR) is 79.9 cm³/mol. The Morgan fingerprint density at radius 3 is 2.53 bits per heavy atom. The molecule has 19 heavy (non-hydrogen) atoms. The SMILES string of the molecule is CCC(C)COc1c(CC(N)CC)cccc1OC. The zero-order chi connectivity index (χ0) is 14.3. The van der Waals surface area contributed by atoms with Gasteiger partial charge in [0.05, 0.1) is 13.7 Å². The Morgan fingerprint density at radius 1 is 1.21 bits per heavy atom. The number of methoxy groups -OCH3 is 1. The van der Waals surface area contributed by atoms with Crippen molar-refractivity contribution in [2.45, 2.75) is 46.1 Å². The summed E-state index contributed by atoms with van der Waals surface area (Å²) in [4.78, 5) is 0. The number of hydrogen-bond donors (Lipinski definition) is 1. The molecule has 2 atom stereocenters. The summed E-state index contributed by atoms with van der Waals surface area (Å²) in [5, 5.41) is 0. The van der Waals surface area contributed by atoms with Crippen molar-refractivity contribution in [2.24, 2.45) is 11.7 Å². The van der Waals surface area contributed by atoms with E-state index in [1.54, 1.807) is 7.11 Å². The average Bonchev–Trinajstić information content (AvgIpc) is 2.44. The van der Waals surface area contributed by atoms with Gasteiger partial charge in [-0.05, 0) is 30.4 Å². The van der Waals surface area contributed by atoms with E-state index < -0.39 is 0 Å². The van der Waals surface area contributed by atoms with E-state index in [-0.39, 0.29) is 6.04 Å². The van der Waals surface area contributed by atoms with E-state index in [0.29, 0.717) is 12.5 Å². The average molecular weight is 265 g/mol. The fourth-order valence-corrected chi connectivity index (χ4v) is 1.82. The van der Waals surface area contributed by atoms with E-state index in [9.17, 15) is 0 Å². The minimum absolute atomic E-state index is 0.165. The lowest BCUT2D eigenvalue weighted by atomic mass is 10.0. The van der Waals surface area contributed by atoms with Crippen LogP contribution < -0.4 is 15.2 Å². The van der Waals surface area contributed by atoms with Crippen molar-refractivity contribution in [3.05, 3.63) is 23.8 Å². The molecule has 0 aliphatic carbocycles. The highest BCUT2D eigenvalue weighted by Gasteiger charge is 2.13. The Morgan fingerprint density at radius 2 is 1.95 bits per heavy atom. The Kier molecular flexibility index (Phi) is 6.71. The maximum atomic E-state index is 6.05. The van der Waals surface area contributed by atoms with Gasteiger partial charge in [-0.1, -0.05) is 39.3 Å². The first kappa shape index (κ1) is 15.8. The van der Waals surface area contributed by atoms with Crippen LogP contribution in [0.5, 0.6) is 11.5 Å². The van der Waals surface area contributed by atoms with Crippen molar-refractivity contribution in [2.75, 3.05) is 13.7 Å². The lowest BCUT2D eigenvalue weighted by Gasteiger charge is -2.18. The molecule has 108 valence electrons. The van der Waals surface area contributed by atoms with Crippen LogP contribution in [-0.4, -0.2) is 19.8 Å². The van der Waals surface area contributed by atoms with Gasteiger partial charge in [-0.15, -0.1) is 0 Å². The molecule has 0 radical (unpaired) electrons. The molecule has 3 heteroatoms. The van der Waals surface area contributed by atoms with Crippen molar-refractivity contribution in [1.82, 2.24) is 0 Å². The van der Waals surface area contributed by atoms with E-state index in [4.69, 9.17) is 15.2 Å². The number of hydrogen-bond acceptors (Lipinski definition) is 3. The fraction of sp³-hybridized carbons (Fsp3) is 0.625. The Bertz CT molecular complexity index is 379. The highest BCUT2D eigenvalue weighted by atomic mass is 16.5. The molecule has 0 heterocycles. The zero-order valence-corrected chi connectivity index (χ0v) is 12.6. The second-order valence-corrected chi connectivity index (χ2v) is 5.15. The molecule has 0 amide bonds. The van der Waals surface area contributed by atoms with Gasteiger partial charge >= 0.3 is 0 Å². The Hall–Kier alpha value is -1.22. The van der Waals surface area contributed by atoms with Crippen molar-refractivity contribution in [1.29, 1.82) is 0 Å². The highest BCUT2D eigenvalue weighted by Crippen LogP contribution is 2.32. The van der Waals surface area contributed by atoms with Crippen molar-refractivity contribution < 1.29 is 9.47 Å². The van der Waals surface area contributed by atoms with Crippen LogP contribution in [0, 0.1) is 5.92 Å². The van der Waals surface area contributed by atoms with E-state index in [2.05, 4.69) is 26.8 Å². The number of nitrogens with two attached hydrogens (primary N) is 1. The second-order valence-electron chi connectivity index (χ2n) is 5.15. The zero-order valence-electron chi connectivity index (χ0n) is 12.6. The molecule has 1 aromatic rings. The maximum Gasteiger partial charge on any atom is 0.164 e. The normalized spacial score (nSPS) is 13.9. The summed E-state index contributed by atoms with van der Waals surface area (Å²) < 4.78 is 11.4. The summed E-state index contributed by atoms with van der Waals surface area (Å²) in [5.74, 6) is 2.19. The molecule has 2 unspecified atom stereocenters. The molecule has 0 bridgehead atoms. The van der Waals surface area contributed by atoms with Crippen LogP contribution in [0.4, 0.5) is 0 Å². The number of ether oxygens (including phenoxy) is 2. The van der Waals surface area contributed by atoms with Crippen LogP contribution in [0.3, 0.4) is 0 Å². The monoisotopic (exact) mass is 265 g/mol. The molecule has 1 aromatic carbocycles. The van der Waals surface area contributed by atoms with Gasteiger partial charge in [-0.2, -0.15) is 0 Å². The standard InChI is InChI=1S/C16H27NO2/c1-5-12(3)11-19-16-13(10-14(17)6-2)8-7-9-15(16)18-4/h7-9,12,14H,5-6,10-11,17H2,1-4H3. The summed E-state index contributed by atoms with van der Waals surface area (Å²) in [6.07, 6.45) is 2.89. The highest BCUT2D eigenvalue weighted by molar-refractivity contribution is 5.47. The van der Waals surface area contributed by atoms with Crippen LogP contribution in [0.25, 0.3) is 0 Å². The largest absolute Gasteiger partial charge is 0.493 e. The molecular weight excluding hydrogens is 238 g/mol. The minimum Gasteiger partial charge on any atom is -0.493 e. The van der Waals surface area contributed by atoms with E-state index in [1.807, 2.05) is 12.1 Å². The first-order valence-electron chi connectivity index (χ1n) is 7.16. The van der Waals surface area contributed by atoms with Gasteiger partial charge in [-0.25, -0.2) is 0 Å². The Balaban J connectivity index is 2.89. The summed E-state index contributed by atoms with van der Waals surface area (Å²) in [6, 6.07) is 6.17. The molecule has 2 N–H and O–H groups in total. The van der Waals surface area contributed by atoms with Crippen molar-refractivity contribution in [3.8, 4) is 11.5 Å². The molecule has 0 saturated heterocycles. The molecule has 3 nitrogen and oxygen atoms in total. The summed E-state index contributed by atoms with van der Waals surface area (Å²) in [6.45, 7) is 7.17. The van der Waals surface area contributed by atoms with Gasteiger partial charge in [0.1, 0.15) is 0 Å². The molecule has 0 saturated carbocycles. The van der Waals surface area contributed by atoms with Crippen LogP contribution >= 0.6 is 0 Å². The van der Waals surface area contributed by atoms with E-state index in [1.165, 1.54) is 0 Å². The van der Waals surface area contributed by atoms with Crippen molar-refractivity contribution >= 4 is 0 Å². The van der Waals surface area contributed by atoms with Gasteiger partial charge < -0.3 is 15.2 Å². The molecule has 0 aliphatic heterocycles. The summed E-state index contributed by atoms with van der Waals surface area (Å²) in [7, 11) is 1.68. The third-order valence-corrected chi connectivity index (χ3v) is 3.50. The molecule has 1 rings (SSSR count). The number of rotatable bonds is 8. The third-order valence-electron chi connectivity index (χ3n) is 3.50. The molecule has 0 fully saturated rings. The second kappa shape index (κ2) is 8.05. The van der Waals surface area contributed by atoms with Gasteiger partial charge in [0.2, 0.25) is 0 Å². The lowest BCUT2D eigenvalue weighted by Crippen LogP contribution is -2.22. The smallest absolute Gasteiger partial charge is 0.164 e. The van der Waals surface area contributed by atoms with E-state index in [0.717, 1.165) is 36.3 Å². The van der Waals surface area contributed by atoms with Crippen LogP contribution in [0.15, 0.2) is 18.2 Å². The van der Waals surface area contributed by atoms with Crippen molar-refractivity contribution in [3.63, 3.8) is 0 Å². The quantitative estimate of drug-likeness (QED) is 0.783. The van der Waals surface area contributed by atoms with Crippen LogP contribution in [0.1, 0.15) is 39.2 Å². The molecule has 0 aliphatic rings. The van der Waals surface area contributed by atoms with Gasteiger partial charge in [0.25, 0.3) is 0 Å². The first-order chi connectivity index (χ1) is 9.12. The summed E-state index contributed by atoms with van der Waals surface area (Å²) in [5.41, 5.74) is 7.19. The lowest BCUT2D eigenvalue weighted by molar-refractivity contribution is 0.242. The fourth-order valence-electron chi connectivity index (χ4n) is 1.82. The maximum absolute atomic E-state index is 6.05. The topological polar surface area (TPSA) is 44.5 Å².